The molecule has 6 rings (SSSR count). The van der Waals surface area contributed by atoms with Crippen molar-refractivity contribution in [3.8, 4) is 11.8 Å². The molecule has 1 N–H and O–H groups in total. The molecule has 3 aromatic rings. The average Bonchev–Trinajstić information content (AvgIpc) is 3.01. The number of benzene rings is 2. The monoisotopic (exact) mass is 599 g/mol. The molecule has 3 aliphatic rings. The first-order valence-corrected chi connectivity index (χ1v) is 15.9. The second-order valence-corrected chi connectivity index (χ2v) is 13.2. The van der Waals surface area contributed by atoms with E-state index in [1.54, 1.807) is 6.07 Å². The van der Waals surface area contributed by atoms with E-state index in [1.807, 2.05) is 36.5 Å². The van der Waals surface area contributed by atoms with Crippen LogP contribution in [0.3, 0.4) is 0 Å². The number of hydrogen-bond donors (Lipinski definition) is 1. The molecule has 0 atom stereocenters. The third-order valence-corrected chi connectivity index (χ3v) is 9.67. The van der Waals surface area contributed by atoms with E-state index in [4.69, 9.17) is 21.3 Å². The van der Waals surface area contributed by atoms with Crippen molar-refractivity contribution in [1.82, 2.24) is 25.1 Å². The maximum absolute atomic E-state index is 9.35. The number of nitriles is 1. The van der Waals surface area contributed by atoms with Gasteiger partial charge in [0.25, 0.3) is 0 Å². The van der Waals surface area contributed by atoms with E-state index in [2.05, 4.69) is 57.0 Å². The van der Waals surface area contributed by atoms with Crippen LogP contribution in [0, 0.1) is 17.2 Å². The molecule has 226 valence electrons. The molecule has 0 amide bonds. The Morgan fingerprint density at radius 3 is 2.47 bits per heavy atom. The van der Waals surface area contributed by atoms with Crippen LogP contribution in [0.15, 0.2) is 54.7 Å². The smallest absolute Gasteiger partial charge is 0.225 e. The predicted octanol–water partition coefficient (Wildman–Crippen LogP) is 4.71. The minimum Gasteiger partial charge on any atom is -0.487 e. The van der Waals surface area contributed by atoms with Crippen molar-refractivity contribution in [3.63, 3.8) is 0 Å². The number of anilines is 1. The van der Waals surface area contributed by atoms with Gasteiger partial charge in [-0.1, -0.05) is 37.6 Å². The van der Waals surface area contributed by atoms with Crippen molar-refractivity contribution in [1.29, 1.82) is 5.26 Å². The fourth-order valence-electron chi connectivity index (χ4n) is 6.53. The van der Waals surface area contributed by atoms with Crippen LogP contribution in [-0.2, 0) is 12.0 Å². The van der Waals surface area contributed by atoms with Crippen LogP contribution in [0.25, 0.3) is 0 Å². The summed E-state index contributed by atoms with van der Waals surface area (Å²) in [6.07, 6.45) is 4.46. The van der Waals surface area contributed by atoms with E-state index in [0.717, 1.165) is 60.6 Å². The van der Waals surface area contributed by atoms with Gasteiger partial charge in [0.1, 0.15) is 12.4 Å². The van der Waals surface area contributed by atoms with Crippen molar-refractivity contribution in [3.05, 3.63) is 82.1 Å². The Kier molecular flexibility index (Phi) is 9.15. The van der Waals surface area contributed by atoms with Crippen LogP contribution < -0.4 is 15.0 Å². The number of piperazine rings is 1. The van der Waals surface area contributed by atoms with Crippen LogP contribution in [0.5, 0.6) is 5.75 Å². The van der Waals surface area contributed by atoms with E-state index < -0.39 is 0 Å². The summed E-state index contributed by atoms with van der Waals surface area (Å²) in [6, 6.07) is 18.4. The topological polar surface area (TPSA) is 80.6 Å². The first kappa shape index (κ1) is 29.8. The van der Waals surface area contributed by atoms with Gasteiger partial charge in [0.15, 0.2) is 0 Å². The number of nitrogens with zero attached hydrogens (tertiary/aromatic N) is 6. The Labute approximate surface area is 260 Å². The highest BCUT2D eigenvalue weighted by Gasteiger charge is 2.35. The van der Waals surface area contributed by atoms with Gasteiger partial charge in [-0.15, -0.1) is 0 Å². The first-order chi connectivity index (χ1) is 20.9. The normalized spacial score (nSPS) is 19.2. The van der Waals surface area contributed by atoms with E-state index in [0.29, 0.717) is 23.2 Å². The zero-order valence-electron chi connectivity index (χ0n) is 25.3. The van der Waals surface area contributed by atoms with Gasteiger partial charge < -0.3 is 19.9 Å². The fourth-order valence-corrected chi connectivity index (χ4v) is 6.77. The number of ether oxygens (including phenoxy) is 1. The van der Waals surface area contributed by atoms with Crippen LogP contribution in [0.2, 0.25) is 5.02 Å². The molecular weight excluding hydrogens is 558 g/mol. The molecule has 4 heterocycles. The van der Waals surface area contributed by atoms with Gasteiger partial charge in [-0.25, -0.2) is 9.97 Å². The van der Waals surface area contributed by atoms with E-state index >= 15 is 0 Å². The second kappa shape index (κ2) is 13.2. The molecule has 3 fully saturated rings. The number of aromatic nitrogens is 2. The van der Waals surface area contributed by atoms with Crippen LogP contribution in [-0.4, -0.2) is 84.7 Å². The molecule has 0 radical (unpaired) electrons. The summed E-state index contributed by atoms with van der Waals surface area (Å²) in [5, 5.41) is 13.4. The Hall–Kier alpha value is -3.22. The van der Waals surface area contributed by atoms with Crippen molar-refractivity contribution in [2.45, 2.75) is 44.8 Å². The second-order valence-electron chi connectivity index (χ2n) is 12.7. The number of rotatable bonds is 9. The van der Waals surface area contributed by atoms with E-state index in [-0.39, 0.29) is 5.41 Å². The standard InChI is InChI=1S/C34H42ClN7O/c1-34(2,28-17-26(20-36)18-29(35)19-28)27-3-5-32(6-4-27)43-24-30-7-10-38-33(39-30)42-22-31(23-42)41-13-8-25(9-14-41)21-40-15-11-37-12-16-40/h3-7,10,17-19,25,31,37H,8-9,11-16,21-24H2,1-2H3. The van der Waals surface area contributed by atoms with Crippen molar-refractivity contribution in [2.24, 2.45) is 5.92 Å². The third kappa shape index (κ3) is 7.13. The van der Waals surface area contributed by atoms with Crippen molar-refractivity contribution in [2.75, 3.05) is 63.8 Å². The number of hydrogen-bond acceptors (Lipinski definition) is 8. The van der Waals surface area contributed by atoms with Gasteiger partial charge >= 0.3 is 0 Å². The molecule has 3 aliphatic heterocycles. The lowest BCUT2D eigenvalue weighted by Gasteiger charge is -2.48. The summed E-state index contributed by atoms with van der Waals surface area (Å²) < 4.78 is 6.10. The van der Waals surface area contributed by atoms with Gasteiger partial charge in [-0.2, -0.15) is 5.26 Å². The van der Waals surface area contributed by atoms with Crippen molar-refractivity contribution >= 4 is 17.5 Å². The molecule has 0 spiro atoms. The molecule has 43 heavy (non-hydrogen) atoms. The lowest BCUT2D eigenvalue weighted by molar-refractivity contribution is 0.0923. The molecule has 3 saturated heterocycles. The summed E-state index contributed by atoms with van der Waals surface area (Å²) >= 11 is 6.28. The Morgan fingerprint density at radius 2 is 1.74 bits per heavy atom. The third-order valence-electron chi connectivity index (χ3n) is 9.45. The highest BCUT2D eigenvalue weighted by Crippen LogP contribution is 2.34. The molecule has 1 aromatic heterocycles. The maximum Gasteiger partial charge on any atom is 0.225 e. The maximum atomic E-state index is 9.35. The summed E-state index contributed by atoms with van der Waals surface area (Å²) in [5.41, 5.74) is 3.24. The summed E-state index contributed by atoms with van der Waals surface area (Å²) in [5.74, 6) is 2.42. The van der Waals surface area contributed by atoms with Gasteiger partial charge in [0.2, 0.25) is 5.95 Å². The van der Waals surface area contributed by atoms with Crippen LogP contribution >= 0.6 is 11.6 Å². The molecule has 2 aromatic carbocycles. The number of halogens is 1. The van der Waals surface area contributed by atoms with Gasteiger partial charge in [0.05, 0.1) is 17.3 Å². The Balaban J connectivity index is 0.977. The predicted molar refractivity (Wildman–Crippen MR) is 171 cm³/mol. The molecule has 8 nitrogen and oxygen atoms in total. The molecule has 9 heteroatoms. The number of piperidine rings is 1. The van der Waals surface area contributed by atoms with Crippen LogP contribution in [0.4, 0.5) is 5.95 Å². The fraction of sp³-hybridized carbons (Fsp3) is 0.500. The van der Waals surface area contributed by atoms with Gasteiger partial charge in [0, 0.05) is 68.5 Å². The quantitative estimate of drug-likeness (QED) is 0.379. The number of nitrogens with one attached hydrogen (secondary N) is 1. The minimum atomic E-state index is -0.313. The van der Waals surface area contributed by atoms with E-state index in [1.165, 1.54) is 45.6 Å². The summed E-state index contributed by atoms with van der Waals surface area (Å²) in [4.78, 5) is 17.0. The lowest BCUT2D eigenvalue weighted by Crippen LogP contribution is -2.61. The molecule has 0 aliphatic carbocycles. The van der Waals surface area contributed by atoms with Crippen LogP contribution in [0.1, 0.15) is 49.1 Å². The summed E-state index contributed by atoms with van der Waals surface area (Å²) in [7, 11) is 0. The SMILES string of the molecule is CC(C)(c1ccc(OCc2ccnc(N3CC(N4CCC(CN5CCNCC5)CC4)C3)n2)cc1)c1cc(Cl)cc(C#N)c1. The van der Waals surface area contributed by atoms with Gasteiger partial charge in [-0.05, 0) is 79.4 Å². The Bertz CT molecular complexity index is 1420. The first-order valence-electron chi connectivity index (χ1n) is 15.6. The Morgan fingerprint density at radius 1 is 1.00 bits per heavy atom. The van der Waals surface area contributed by atoms with Gasteiger partial charge in [-0.3, -0.25) is 4.90 Å². The van der Waals surface area contributed by atoms with E-state index in [9.17, 15) is 5.26 Å². The zero-order chi connectivity index (χ0) is 29.8. The molecule has 0 saturated carbocycles. The highest BCUT2D eigenvalue weighted by molar-refractivity contribution is 6.30. The molecular formula is C34H42ClN7O. The number of likely N-dealkylation sites (tertiary alicyclic amines) is 1. The highest BCUT2D eigenvalue weighted by atomic mass is 35.5. The average molecular weight is 600 g/mol. The minimum absolute atomic E-state index is 0.313. The zero-order valence-corrected chi connectivity index (χ0v) is 26.1. The molecule has 0 unspecified atom stereocenters. The lowest BCUT2D eigenvalue weighted by atomic mass is 9.78. The molecule has 0 bridgehead atoms. The largest absolute Gasteiger partial charge is 0.487 e. The summed E-state index contributed by atoms with van der Waals surface area (Å²) in [6.45, 7) is 15.0. The van der Waals surface area contributed by atoms with Crippen molar-refractivity contribution < 1.29 is 4.74 Å².